The third-order valence-electron chi connectivity index (χ3n) is 3.55. The number of rotatable bonds is 3. The predicted molar refractivity (Wildman–Crippen MR) is 64.4 cm³/mol. The van der Waals surface area contributed by atoms with Crippen molar-refractivity contribution < 1.29 is 8.91 Å². The van der Waals surface area contributed by atoms with Gasteiger partial charge in [0.15, 0.2) is 0 Å². The van der Waals surface area contributed by atoms with Crippen LogP contribution in [0.25, 0.3) is 11.4 Å². The number of nitrogens with two attached hydrogens (primary N) is 1. The molecule has 3 rings (SSSR count). The van der Waals surface area contributed by atoms with Crippen LogP contribution in [0.5, 0.6) is 0 Å². The summed E-state index contributed by atoms with van der Waals surface area (Å²) in [6.45, 7) is 2.35. The normalized spacial score (nSPS) is 16.8. The first-order valence-corrected chi connectivity index (χ1v) is 5.95. The van der Waals surface area contributed by atoms with Gasteiger partial charge in [-0.3, -0.25) is 0 Å². The molecule has 94 valence electrons. The third kappa shape index (κ3) is 1.71. The van der Waals surface area contributed by atoms with Gasteiger partial charge in [0.25, 0.3) is 0 Å². The Morgan fingerprint density at radius 3 is 2.83 bits per heavy atom. The molecule has 0 spiro atoms. The van der Waals surface area contributed by atoms with Crippen LogP contribution in [0.1, 0.15) is 24.3 Å². The maximum absolute atomic E-state index is 13.0. The number of hydrogen-bond donors (Lipinski definition) is 1. The molecule has 2 aromatic rings. The van der Waals surface area contributed by atoms with Crippen LogP contribution in [0, 0.1) is 12.7 Å². The molecule has 0 bridgehead atoms. The molecule has 1 heterocycles. The lowest BCUT2D eigenvalue weighted by Gasteiger charge is -2.03. The summed E-state index contributed by atoms with van der Waals surface area (Å²) in [5.41, 5.74) is 7.19. The van der Waals surface area contributed by atoms with E-state index in [-0.39, 0.29) is 11.2 Å². The van der Waals surface area contributed by atoms with Gasteiger partial charge in [-0.1, -0.05) is 5.16 Å². The maximum Gasteiger partial charge on any atom is 0.234 e. The minimum Gasteiger partial charge on any atom is -0.338 e. The zero-order valence-electron chi connectivity index (χ0n) is 10.1. The summed E-state index contributed by atoms with van der Waals surface area (Å²) in [5, 5.41) is 3.97. The van der Waals surface area contributed by atoms with Crippen molar-refractivity contribution in [3.63, 3.8) is 0 Å². The Balaban J connectivity index is 1.98. The average Bonchev–Trinajstić information content (AvgIpc) is 3.00. The number of halogens is 1. The van der Waals surface area contributed by atoms with Crippen molar-refractivity contribution in [2.75, 3.05) is 6.54 Å². The van der Waals surface area contributed by atoms with E-state index in [1.165, 1.54) is 12.1 Å². The Kier molecular flexibility index (Phi) is 2.45. The molecule has 1 aromatic carbocycles. The fraction of sp³-hybridized carbons (Fsp3) is 0.385. The van der Waals surface area contributed by atoms with Crippen molar-refractivity contribution in [3.05, 3.63) is 35.5 Å². The Bertz CT molecular complexity index is 590. The zero-order valence-corrected chi connectivity index (χ0v) is 10.1. The summed E-state index contributed by atoms with van der Waals surface area (Å²) in [4.78, 5) is 4.40. The highest BCUT2D eigenvalue weighted by Crippen LogP contribution is 2.46. The standard InChI is InChI=1S/C13H14FN3O/c1-8-6-9(14)2-3-10(8)11-16-12(18-17-11)13(7-15)4-5-13/h2-3,6H,4-5,7,15H2,1H3. The smallest absolute Gasteiger partial charge is 0.234 e. The molecule has 1 aliphatic rings. The van der Waals surface area contributed by atoms with Crippen molar-refractivity contribution in [1.29, 1.82) is 0 Å². The van der Waals surface area contributed by atoms with Crippen LogP contribution in [0.2, 0.25) is 0 Å². The van der Waals surface area contributed by atoms with Crippen molar-refractivity contribution >= 4 is 0 Å². The van der Waals surface area contributed by atoms with Gasteiger partial charge in [-0.15, -0.1) is 0 Å². The fourth-order valence-corrected chi connectivity index (χ4v) is 2.08. The molecule has 5 heteroatoms. The van der Waals surface area contributed by atoms with Crippen LogP contribution >= 0.6 is 0 Å². The van der Waals surface area contributed by atoms with Crippen LogP contribution in [-0.4, -0.2) is 16.7 Å². The second kappa shape index (κ2) is 3.88. The molecule has 0 aliphatic heterocycles. The molecule has 0 atom stereocenters. The van der Waals surface area contributed by atoms with Crippen molar-refractivity contribution in [1.82, 2.24) is 10.1 Å². The highest BCUT2D eigenvalue weighted by molar-refractivity contribution is 5.59. The quantitative estimate of drug-likeness (QED) is 0.902. The summed E-state index contributed by atoms with van der Waals surface area (Å²) in [6, 6.07) is 4.52. The number of aromatic nitrogens is 2. The Morgan fingerprint density at radius 1 is 1.44 bits per heavy atom. The van der Waals surface area contributed by atoms with E-state index in [1.54, 1.807) is 6.07 Å². The van der Waals surface area contributed by atoms with Gasteiger partial charge >= 0.3 is 0 Å². The number of benzene rings is 1. The average molecular weight is 247 g/mol. The SMILES string of the molecule is Cc1cc(F)ccc1-c1noc(C2(CN)CC2)n1. The molecule has 1 saturated carbocycles. The fourth-order valence-electron chi connectivity index (χ4n) is 2.08. The van der Waals surface area contributed by atoms with Crippen molar-refractivity contribution in [3.8, 4) is 11.4 Å². The van der Waals surface area contributed by atoms with E-state index in [4.69, 9.17) is 10.3 Å². The van der Waals surface area contributed by atoms with Gasteiger partial charge in [-0.2, -0.15) is 4.98 Å². The molecule has 1 fully saturated rings. The van der Waals surface area contributed by atoms with Gasteiger partial charge in [-0.25, -0.2) is 4.39 Å². The first-order valence-electron chi connectivity index (χ1n) is 5.95. The van der Waals surface area contributed by atoms with Crippen molar-refractivity contribution in [2.24, 2.45) is 5.73 Å². The van der Waals surface area contributed by atoms with Crippen LogP contribution in [0.4, 0.5) is 4.39 Å². The Labute approximate surface area is 104 Å². The minimum absolute atomic E-state index is 0.112. The third-order valence-corrected chi connectivity index (χ3v) is 3.55. The molecular formula is C13H14FN3O. The minimum atomic E-state index is -0.263. The molecule has 1 aliphatic carbocycles. The largest absolute Gasteiger partial charge is 0.338 e. The van der Waals surface area contributed by atoms with Gasteiger partial charge < -0.3 is 10.3 Å². The summed E-state index contributed by atoms with van der Waals surface area (Å²) in [7, 11) is 0. The van der Waals surface area contributed by atoms with Gasteiger partial charge in [0.05, 0.1) is 5.41 Å². The van der Waals surface area contributed by atoms with Crippen molar-refractivity contribution in [2.45, 2.75) is 25.2 Å². The highest BCUT2D eigenvalue weighted by Gasteiger charge is 2.48. The first kappa shape index (κ1) is 11.3. The summed E-state index contributed by atoms with van der Waals surface area (Å²) >= 11 is 0. The van der Waals surface area contributed by atoms with Gasteiger partial charge in [0, 0.05) is 12.1 Å². The van der Waals surface area contributed by atoms with Crippen LogP contribution in [-0.2, 0) is 5.41 Å². The monoisotopic (exact) mass is 247 g/mol. The predicted octanol–water partition coefficient (Wildman–Crippen LogP) is 2.17. The van der Waals surface area contributed by atoms with Gasteiger partial charge in [0.2, 0.25) is 11.7 Å². The van der Waals surface area contributed by atoms with E-state index < -0.39 is 0 Å². The van der Waals surface area contributed by atoms with E-state index >= 15 is 0 Å². The lowest BCUT2D eigenvalue weighted by molar-refractivity contribution is 0.347. The van der Waals surface area contributed by atoms with E-state index in [0.717, 1.165) is 24.0 Å². The molecule has 0 amide bonds. The summed E-state index contributed by atoms with van der Waals surface area (Å²) < 4.78 is 18.3. The molecule has 18 heavy (non-hydrogen) atoms. The van der Waals surface area contributed by atoms with E-state index in [9.17, 15) is 4.39 Å². The molecule has 4 nitrogen and oxygen atoms in total. The Hall–Kier alpha value is -1.75. The molecule has 0 radical (unpaired) electrons. The highest BCUT2D eigenvalue weighted by atomic mass is 19.1. The number of nitrogens with zero attached hydrogens (tertiary/aromatic N) is 2. The Morgan fingerprint density at radius 2 is 2.22 bits per heavy atom. The van der Waals surface area contributed by atoms with Crippen LogP contribution in [0.15, 0.2) is 22.7 Å². The first-order chi connectivity index (χ1) is 8.64. The number of aryl methyl sites for hydroxylation is 1. The summed E-state index contributed by atoms with van der Waals surface area (Å²) in [5.74, 6) is 0.839. The lowest BCUT2D eigenvalue weighted by Crippen LogP contribution is -2.19. The maximum atomic E-state index is 13.0. The van der Waals surface area contributed by atoms with Crippen LogP contribution in [0.3, 0.4) is 0 Å². The second-order valence-electron chi connectivity index (χ2n) is 4.87. The molecule has 0 saturated heterocycles. The van der Waals surface area contributed by atoms with E-state index in [2.05, 4.69) is 10.1 Å². The van der Waals surface area contributed by atoms with Crippen LogP contribution < -0.4 is 5.73 Å². The van der Waals surface area contributed by atoms with E-state index in [1.807, 2.05) is 6.92 Å². The molecule has 0 unspecified atom stereocenters. The van der Waals surface area contributed by atoms with E-state index in [0.29, 0.717) is 18.3 Å². The number of hydrogen-bond acceptors (Lipinski definition) is 4. The molecular weight excluding hydrogens is 233 g/mol. The molecule has 2 N–H and O–H groups in total. The van der Waals surface area contributed by atoms with Gasteiger partial charge in [-0.05, 0) is 43.5 Å². The summed E-state index contributed by atoms with van der Waals surface area (Å²) in [6.07, 6.45) is 1.99. The molecule has 1 aromatic heterocycles. The second-order valence-corrected chi connectivity index (χ2v) is 4.87. The topological polar surface area (TPSA) is 64.9 Å². The lowest BCUT2D eigenvalue weighted by atomic mass is 10.1. The zero-order chi connectivity index (χ0) is 12.8. The van der Waals surface area contributed by atoms with Gasteiger partial charge in [0.1, 0.15) is 5.82 Å².